The third kappa shape index (κ3) is 2.61. The summed E-state index contributed by atoms with van der Waals surface area (Å²) in [5, 5.41) is 4.10. The zero-order valence-corrected chi connectivity index (χ0v) is 9.50. The van der Waals surface area contributed by atoms with Gasteiger partial charge < -0.3 is 10.1 Å². The summed E-state index contributed by atoms with van der Waals surface area (Å²) < 4.78 is 5.36. The molecule has 0 saturated carbocycles. The number of anilines is 1. The molecule has 1 aromatic heterocycles. The molecule has 1 aliphatic rings. The molecule has 82 valence electrons. The quantitative estimate of drug-likeness (QED) is 0.860. The third-order valence-corrected chi connectivity index (χ3v) is 3.15. The Morgan fingerprint density at radius 2 is 2.53 bits per heavy atom. The van der Waals surface area contributed by atoms with Crippen molar-refractivity contribution in [2.45, 2.75) is 19.4 Å². The fraction of sp³-hybridized carbons (Fsp3) is 0.545. The highest BCUT2D eigenvalue weighted by Crippen LogP contribution is 2.24. The van der Waals surface area contributed by atoms with Gasteiger partial charge in [0, 0.05) is 24.8 Å². The van der Waals surface area contributed by atoms with Crippen molar-refractivity contribution >= 4 is 17.3 Å². The van der Waals surface area contributed by atoms with E-state index in [1.54, 1.807) is 18.5 Å². The van der Waals surface area contributed by atoms with E-state index < -0.39 is 0 Å². The second-order valence-corrected chi connectivity index (χ2v) is 4.32. The second-order valence-electron chi connectivity index (χ2n) is 3.91. The second kappa shape index (κ2) is 4.81. The summed E-state index contributed by atoms with van der Waals surface area (Å²) in [5.41, 5.74) is 0.901. The summed E-state index contributed by atoms with van der Waals surface area (Å²) in [7, 11) is 0. The van der Waals surface area contributed by atoms with Crippen LogP contribution in [-0.4, -0.2) is 24.2 Å². The smallest absolute Gasteiger partial charge is 0.0718 e. The number of aromatic nitrogens is 1. The summed E-state index contributed by atoms with van der Waals surface area (Å²) in [6, 6.07) is 2.16. The first-order chi connectivity index (χ1) is 7.27. The fourth-order valence-electron chi connectivity index (χ4n) is 1.79. The molecule has 0 amide bonds. The van der Waals surface area contributed by atoms with E-state index in [0.29, 0.717) is 12.0 Å². The molecule has 2 heterocycles. The van der Waals surface area contributed by atoms with Crippen LogP contribution in [-0.2, 0) is 4.74 Å². The molecule has 1 fully saturated rings. The molecule has 2 unspecified atom stereocenters. The molecule has 1 aromatic rings. The van der Waals surface area contributed by atoms with Crippen molar-refractivity contribution in [3.8, 4) is 0 Å². The van der Waals surface area contributed by atoms with Gasteiger partial charge >= 0.3 is 0 Å². The Morgan fingerprint density at radius 3 is 3.20 bits per heavy atom. The maximum Gasteiger partial charge on any atom is 0.0718 e. The number of pyridine rings is 1. The van der Waals surface area contributed by atoms with Crippen molar-refractivity contribution in [2.24, 2.45) is 5.92 Å². The van der Waals surface area contributed by atoms with E-state index in [-0.39, 0.29) is 0 Å². The van der Waals surface area contributed by atoms with Gasteiger partial charge in [0.2, 0.25) is 0 Å². The minimum atomic E-state index is 0.370. The zero-order valence-electron chi connectivity index (χ0n) is 8.74. The fourth-order valence-corrected chi connectivity index (χ4v) is 1.95. The van der Waals surface area contributed by atoms with Gasteiger partial charge in [-0.1, -0.05) is 11.6 Å². The normalized spacial score (nSPS) is 22.7. The van der Waals surface area contributed by atoms with Crippen LogP contribution in [0.2, 0.25) is 5.02 Å². The Balaban J connectivity index is 1.99. The highest BCUT2D eigenvalue weighted by molar-refractivity contribution is 6.33. The van der Waals surface area contributed by atoms with Crippen LogP contribution in [0.4, 0.5) is 5.69 Å². The molecule has 0 radical (unpaired) electrons. The van der Waals surface area contributed by atoms with Crippen LogP contribution in [0.3, 0.4) is 0 Å². The highest BCUT2D eigenvalue weighted by atomic mass is 35.5. The first-order valence-corrected chi connectivity index (χ1v) is 5.59. The molecular formula is C11H15ClN2O. The van der Waals surface area contributed by atoms with Gasteiger partial charge in [-0.25, -0.2) is 0 Å². The molecule has 0 bridgehead atoms. The molecule has 2 atom stereocenters. The minimum absolute atomic E-state index is 0.370. The number of halogens is 1. The predicted molar refractivity (Wildman–Crippen MR) is 61.3 cm³/mol. The summed E-state index contributed by atoms with van der Waals surface area (Å²) in [4.78, 5) is 4.05. The van der Waals surface area contributed by atoms with Gasteiger partial charge in [-0.3, -0.25) is 4.98 Å². The molecule has 4 heteroatoms. The number of hydrogen-bond acceptors (Lipinski definition) is 3. The van der Waals surface area contributed by atoms with E-state index in [1.807, 2.05) is 0 Å². The lowest BCUT2D eigenvalue weighted by Gasteiger charge is -2.20. The molecule has 2 rings (SSSR count). The van der Waals surface area contributed by atoms with Crippen molar-refractivity contribution in [1.82, 2.24) is 4.98 Å². The average molecular weight is 227 g/mol. The third-order valence-electron chi connectivity index (χ3n) is 2.82. The first-order valence-electron chi connectivity index (χ1n) is 5.21. The van der Waals surface area contributed by atoms with Gasteiger partial charge in [0.05, 0.1) is 23.5 Å². The Labute approximate surface area is 94.8 Å². The maximum atomic E-state index is 6.04. The molecule has 0 spiro atoms. The molecule has 0 aliphatic carbocycles. The number of nitrogens with zero attached hydrogens (tertiary/aromatic N) is 1. The Kier molecular flexibility index (Phi) is 3.44. The topological polar surface area (TPSA) is 34.2 Å². The van der Waals surface area contributed by atoms with E-state index in [4.69, 9.17) is 16.3 Å². The molecule has 0 aromatic carbocycles. The average Bonchev–Trinajstić information content (AvgIpc) is 2.74. The Bertz CT molecular complexity index is 326. The Morgan fingerprint density at radius 1 is 1.67 bits per heavy atom. The number of nitrogens with one attached hydrogen (secondary N) is 1. The van der Waals surface area contributed by atoms with Crippen LogP contribution in [0.25, 0.3) is 0 Å². The lowest BCUT2D eigenvalue weighted by molar-refractivity contribution is 0.183. The molecule has 3 nitrogen and oxygen atoms in total. The summed E-state index contributed by atoms with van der Waals surface area (Å²) in [5.74, 6) is 0.571. The standard InChI is InChI=1S/C11H15ClN2O/c1-8(9-3-5-15-7-9)14-11-6-13-4-2-10(11)12/h2,4,6,8-9,14H,3,5,7H2,1H3. The van der Waals surface area contributed by atoms with E-state index >= 15 is 0 Å². The molecule has 1 aliphatic heterocycles. The number of rotatable bonds is 3. The van der Waals surface area contributed by atoms with E-state index in [2.05, 4.69) is 17.2 Å². The maximum absolute atomic E-state index is 6.04. The van der Waals surface area contributed by atoms with Crippen LogP contribution in [0, 0.1) is 5.92 Å². The van der Waals surface area contributed by atoms with Gasteiger partial charge in [-0.05, 0) is 19.4 Å². The van der Waals surface area contributed by atoms with Crippen LogP contribution < -0.4 is 5.32 Å². The molecule has 1 saturated heterocycles. The van der Waals surface area contributed by atoms with Gasteiger partial charge in [-0.15, -0.1) is 0 Å². The van der Waals surface area contributed by atoms with Crippen molar-refractivity contribution in [2.75, 3.05) is 18.5 Å². The van der Waals surface area contributed by atoms with Crippen molar-refractivity contribution < 1.29 is 4.74 Å². The zero-order chi connectivity index (χ0) is 10.7. The molecule has 15 heavy (non-hydrogen) atoms. The summed E-state index contributed by atoms with van der Waals surface area (Å²) in [6.07, 6.45) is 4.57. The largest absolute Gasteiger partial charge is 0.381 e. The molecule has 1 N–H and O–H groups in total. The lowest BCUT2D eigenvalue weighted by Crippen LogP contribution is -2.26. The van der Waals surface area contributed by atoms with Crippen molar-refractivity contribution in [3.05, 3.63) is 23.5 Å². The predicted octanol–water partition coefficient (Wildman–Crippen LogP) is 2.57. The van der Waals surface area contributed by atoms with E-state index in [9.17, 15) is 0 Å². The lowest BCUT2D eigenvalue weighted by atomic mass is 10.0. The SMILES string of the molecule is CC(Nc1cnccc1Cl)C1CCOC1. The van der Waals surface area contributed by atoms with Gasteiger partial charge in [0.25, 0.3) is 0 Å². The van der Waals surface area contributed by atoms with Gasteiger partial charge in [0.15, 0.2) is 0 Å². The van der Waals surface area contributed by atoms with Crippen LogP contribution in [0.5, 0.6) is 0 Å². The monoisotopic (exact) mass is 226 g/mol. The highest BCUT2D eigenvalue weighted by Gasteiger charge is 2.22. The summed E-state index contributed by atoms with van der Waals surface area (Å²) >= 11 is 6.04. The van der Waals surface area contributed by atoms with Crippen LogP contribution in [0.1, 0.15) is 13.3 Å². The van der Waals surface area contributed by atoms with Crippen LogP contribution in [0.15, 0.2) is 18.5 Å². The van der Waals surface area contributed by atoms with Gasteiger partial charge in [-0.2, -0.15) is 0 Å². The van der Waals surface area contributed by atoms with Crippen molar-refractivity contribution in [3.63, 3.8) is 0 Å². The number of ether oxygens (including phenoxy) is 1. The number of hydrogen-bond donors (Lipinski definition) is 1. The minimum Gasteiger partial charge on any atom is -0.381 e. The van der Waals surface area contributed by atoms with Gasteiger partial charge in [0.1, 0.15) is 0 Å². The van der Waals surface area contributed by atoms with Crippen molar-refractivity contribution in [1.29, 1.82) is 0 Å². The first kappa shape index (κ1) is 10.7. The Hall–Kier alpha value is -0.800. The van der Waals surface area contributed by atoms with Crippen LogP contribution >= 0.6 is 11.6 Å². The summed E-state index contributed by atoms with van der Waals surface area (Å²) in [6.45, 7) is 3.87. The van der Waals surface area contributed by atoms with E-state index in [1.165, 1.54) is 0 Å². The van der Waals surface area contributed by atoms with E-state index in [0.717, 1.165) is 30.3 Å². The molecular weight excluding hydrogens is 212 g/mol.